The van der Waals surface area contributed by atoms with Gasteiger partial charge in [-0.3, -0.25) is 14.4 Å². The number of methoxy groups -OCH3 is 2. The lowest BCUT2D eigenvalue weighted by atomic mass is 9.62. The molecule has 7 rings (SSSR count). The quantitative estimate of drug-likeness (QED) is 0.308. The summed E-state index contributed by atoms with van der Waals surface area (Å²) in [6, 6.07) is 27.6. The van der Waals surface area contributed by atoms with Crippen LogP contribution in [-0.4, -0.2) is 42.6 Å². The molecule has 4 atom stereocenters. The Balaban J connectivity index is 1.53. The van der Waals surface area contributed by atoms with Gasteiger partial charge in [-0.15, -0.1) is 0 Å². The second-order valence-electron chi connectivity index (χ2n) is 10.8. The molecule has 7 nitrogen and oxygen atoms in total. The van der Waals surface area contributed by atoms with Crippen LogP contribution in [0.15, 0.2) is 103 Å². The summed E-state index contributed by atoms with van der Waals surface area (Å²) in [5.74, 6) is -0.883. The summed E-state index contributed by atoms with van der Waals surface area (Å²) in [5, 5.41) is 3.07. The Morgan fingerprint density at radius 2 is 1.43 bits per heavy atom. The molecule has 0 bridgehead atoms. The number of ketones is 2. The van der Waals surface area contributed by atoms with E-state index in [4.69, 9.17) is 9.47 Å². The molecule has 0 unspecified atom stereocenters. The lowest BCUT2D eigenvalue weighted by molar-refractivity contribution is -0.122. The molecule has 1 saturated heterocycles. The van der Waals surface area contributed by atoms with E-state index in [1.54, 1.807) is 62.8 Å². The molecule has 1 spiro atoms. The first-order chi connectivity index (χ1) is 20.5. The lowest BCUT2D eigenvalue weighted by Gasteiger charge is -2.38. The highest BCUT2D eigenvalue weighted by Crippen LogP contribution is 2.62. The third kappa shape index (κ3) is 3.56. The van der Waals surface area contributed by atoms with Crippen molar-refractivity contribution >= 4 is 29.2 Å². The van der Waals surface area contributed by atoms with E-state index in [0.29, 0.717) is 33.9 Å². The summed E-state index contributed by atoms with van der Waals surface area (Å²) in [7, 11) is 3.09. The number of amides is 1. The molecule has 3 aliphatic rings. The molecule has 208 valence electrons. The molecule has 3 aliphatic heterocycles. The Bertz CT molecular complexity index is 1800. The maximum Gasteiger partial charge on any atom is 0.238 e. The molecule has 42 heavy (non-hydrogen) atoms. The van der Waals surface area contributed by atoms with Crippen LogP contribution in [0.3, 0.4) is 0 Å². The zero-order valence-corrected chi connectivity index (χ0v) is 23.1. The molecule has 7 heteroatoms. The third-order valence-electron chi connectivity index (χ3n) is 8.83. The number of benzene rings is 4. The van der Waals surface area contributed by atoms with Crippen molar-refractivity contribution in [1.82, 2.24) is 4.90 Å². The van der Waals surface area contributed by atoms with Gasteiger partial charge in [0.05, 0.1) is 26.2 Å². The van der Waals surface area contributed by atoms with Crippen LogP contribution in [0.2, 0.25) is 0 Å². The minimum Gasteiger partial charge on any atom is -0.497 e. The van der Waals surface area contributed by atoms with Gasteiger partial charge in [-0.1, -0.05) is 66.7 Å². The molecular weight excluding hydrogens is 528 g/mol. The smallest absolute Gasteiger partial charge is 0.238 e. The highest BCUT2D eigenvalue weighted by Gasteiger charge is 2.70. The number of para-hydroxylation sites is 1. The van der Waals surface area contributed by atoms with Gasteiger partial charge in [0.25, 0.3) is 0 Å². The maximum atomic E-state index is 14.9. The van der Waals surface area contributed by atoms with Crippen LogP contribution < -0.4 is 14.8 Å². The van der Waals surface area contributed by atoms with Gasteiger partial charge in [-0.2, -0.15) is 0 Å². The van der Waals surface area contributed by atoms with E-state index >= 15 is 0 Å². The topological polar surface area (TPSA) is 84.9 Å². The Morgan fingerprint density at radius 3 is 2.14 bits per heavy atom. The van der Waals surface area contributed by atoms with E-state index < -0.39 is 23.4 Å². The predicted molar refractivity (Wildman–Crippen MR) is 159 cm³/mol. The summed E-state index contributed by atoms with van der Waals surface area (Å²) in [6.45, 7) is 0. The van der Waals surface area contributed by atoms with Crippen molar-refractivity contribution in [3.8, 4) is 11.5 Å². The van der Waals surface area contributed by atoms with Crippen molar-refractivity contribution in [2.45, 2.75) is 17.5 Å². The first kappa shape index (κ1) is 25.8. The second kappa shape index (κ2) is 9.73. The fraction of sp³-hybridized carbons (Fsp3) is 0.171. The summed E-state index contributed by atoms with van der Waals surface area (Å²) in [4.78, 5) is 46.0. The third-order valence-corrected chi connectivity index (χ3v) is 8.83. The zero-order chi connectivity index (χ0) is 29.0. The Labute approximate surface area is 243 Å². The molecule has 3 heterocycles. The number of ether oxygens (including phenoxy) is 2. The Morgan fingerprint density at radius 1 is 0.786 bits per heavy atom. The Kier molecular flexibility index (Phi) is 5.97. The zero-order valence-electron chi connectivity index (χ0n) is 23.1. The Hall–Kier alpha value is -5.17. The molecule has 1 fully saturated rings. The standard InChI is InChI=1S/C35H28N2O5/c1-41-24-12-7-10-22(19-24)31(38)29-30(32(39)23-11-8-13-25(20-23)42-2)37-18-17-21-9-3-4-14-26(21)33(37)35(29)27-15-5-6-16-28(27)36-34(35)40/h3-20,29-30,33H,1-2H3,(H,36,40)/t29-,30+,33+,35-/m1/s1. The van der Waals surface area contributed by atoms with E-state index in [2.05, 4.69) is 5.32 Å². The normalized spacial score (nSPS) is 23.1. The number of nitrogens with one attached hydrogen (secondary N) is 1. The van der Waals surface area contributed by atoms with Crippen LogP contribution in [0, 0.1) is 5.92 Å². The van der Waals surface area contributed by atoms with Crippen LogP contribution in [0.4, 0.5) is 5.69 Å². The molecule has 0 radical (unpaired) electrons. The van der Waals surface area contributed by atoms with Crippen LogP contribution in [0.1, 0.15) is 43.4 Å². The van der Waals surface area contributed by atoms with Gasteiger partial charge in [0.2, 0.25) is 5.91 Å². The minimum atomic E-state index is -1.39. The fourth-order valence-electron chi connectivity index (χ4n) is 7.07. The van der Waals surface area contributed by atoms with Crippen LogP contribution in [0.5, 0.6) is 11.5 Å². The number of anilines is 1. The van der Waals surface area contributed by atoms with Gasteiger partial charge < -0.3 is 19.7 Å². The van der Waals surface area contributed by atoms with Crippen LogP contribution >= 0.6 is 0 Å². The van der Waals surface area contributed by atoms with Crippen molar-refractivity contribution in [3.63, 3.8) is 0 Å². The molecule has 1 amide bonds. The number of fused-ring (bicyclic) bond motifs is 6. The second-order valence-corrected chi connectivity index (χ2v) is 10.8. The van der Waals surface area contributed by atoms with Gasteiger partial charge in [-0.25, -0.2) is 0 Å². The van der Waals surface area contributed by atoms with Gasteiger partial charge in [0.15, 0.2) is 11.6 Å². The number of rotatable bonds is 6. The molecule has 0 aromatic heterocycles. The van der Waals surface area contributed by atoms with Gasteiger partial charge in [-0.05, 0) is 53.1 Å². The monoisotopic (exact) mass is 556 g/mol. The summed E-state index contributed by atoms with van der Waals surface area (Å²) in [5.41, 5.74) is 2.56. The summed E-state index contributed by atoms with van der Waals surface area (Å²) >= 11 is 0. The highest BCUT2D eigenvalue weighted by atomic mass is 16.5. The number of hydrogen-bond acceptors (Lipinski definition) is 6. The molecule has 0 aliphatic carbocycles. The fourth-order valence-corrected chi connectivity index (χ4v) is 7.07. The molecule has 1 N–H and O–H groups in total. The van der Waals surface area contributed by atoms with E-state index in [1.165, 1.54) is 0 Å². The van der Waals surface area contributed by atoms with Crippen molar-refractivity contribution in [1.29, 1.82) is 0 Å². The van der Waals surface area contributed by atoms with Gasteiger partial charge >= 0.3 is 0 Å². The van der Waals surface area contributed by atoms with E-state index in [-0.39, 0.29) is 17.5 Å². The first-order valence-electron chi connectivity index (χ1n) is 13.8. The van der Waals surface area contributed by atoms with E-state index in [0.717, 1.165) is 11.1 Å². The number of carbonyl (C=O) groups is 3. The van der Waals surface area contributed by atoms with Crippen LogP contribution in [-0.2, 0) is 10.2 Å². The van der Waals surface area contributed by atoms with Crippen molar-refractivity contribution in [2.24, 2.45) is 5.92 Å². The van der Waals surface area contributed by atoms with Crippen molar-refractivity contribution in [3.05, 3.63) is 131 Å². The van der Waals surface area contributed by atoms with Crippen LogP contribution in [0.25, 0.3) is 6.08 Å². The van der Waals surface area contributed by atoms with Crippen molar-refractivity contribution < 1.29 is 23.9 Å². The number of nitrogens with zero attached hydrogens (tertiary/aromatic N) is 1. The van der Waals surface area contributed by atoms with E-state index in [9.17, 15) is 14.4 Å². The van der Waals surface area contributed by atoms with Gasteiger partial charge in [0, 0.05) is 23.0 Å². The summed E-state index contributed by atoms with van der Waals surface area (Å²) < 4.78 is 10.9. The number of carbonyl (C=O) groups excluding carboxylic acids is 3. The maximum absolute atomic E-state index is 14.9. The molecule has 4 aromatic carbocycles. The predicted octanol–water partition coefficient (Wildman–Crippen LogP) is 5.69. The minimum absolute atomic E-state index is 0.266. The molecule has 0 saturated carbocycles. The highest BCUT2D eigenvalue weighted by molar-refractivity contribution is 6.16. The average molecular weight is 557 g/mol. The largest absolute Gasteiger partial charge is 0.497 e. The van der Waals surface area contributed by atoms with Gasteiger partial charge in [0.1, 0.15) is 23.0 Å². The molecule has 4 aromatic rings. The van der Waals surface area contributed by atoms with Crippen molar-refractivity contribution in [2.75, 3.05) is 19.5 Å². The summed E-state index contributed by atoms with van der Waals surface area (Å²) in [6.07, 6.45) is 3.81. The SMILES string of the molecule is COc1cccc(C(=O)[C@@H]2[C@H](C(=O)c3cccc(OC)c3)[C@@]3(C(=O)Nc4ccccc43)[C@@H]3c4ccccc4C=CN23)c1. The number of hydrogen-bond donors (Lipinski definition) is 1. The number of Topliss-reactive ketones (excluding diaryl/α,β-unsaturated/α-hetero) is 2. The average Bonchev–Trinajstić information content (AvgIpc) is 3.52. The van der Waals surface area contributed by atoms with E-state index in [1.807, 2.05) is 65.7 Å². The first-order valence-corrected chi connectivity index (χ1v) is 13.8. The molecular formula is C35H28N2O5. The lowest BCUT2D eigenvalue weighted by Crippen LogP contribution is -2.49.